The third kappa shape index (κ3) is 15.6. The van der Waals surface area contributed by atoms with Crippen LogP contribution < -0.4 is 52.4 Å². The van der Waals surface area contributed by atoms with Gasteiger partial charge in [-0.05, 0) is 105 Å². The fraction of sp³-hybridized carbons (Fsp3) is 0.304. The molecule has 0 spiro atoms. The van der Waals surface area contributed by atoms with E-state index in [0.29, 0.717) is 0 Å². The predicted molar refractivity (Wildman–Crippen MR) is 300 cm³/mol. The van der Waals surface area contributed by atoms with E-state index in [1.807, 2.05) is 0 Å². The summed E-state index contributed by atoms with van der Waals surface area (Å²) in [7, 11) is 1.43. The molecule has 5 aromatic carbocycles. The lowest BCUT2D eigenvalue weighted by Crippen LogP contribution is -2.59. The molecular formula is C56H55Cl2F3N8O20. The summed E-state index contributed by atoms with van der Waals surface area (Å²) in [5, 5.41) is 103. The van der Waals surface area contributed by atoms with E-state index in [0.717, 1.165) is 60.7 Å². The van der Waals surface area contributed by atoms with Crippen LogP contribution in [0.2, 0.25) is 10.0 Å². The quantitative estimate of drug-likeness (QED) is 0.106. The number of carbonyl (C=O) groups excluding carboxylic acids is 7. The van der Waals surface area contributed by atoms with Gasteiger partial charge in [-0.25, -0.2) is 9.59 Å². The molecule has 33 heteroatoms. The molecular weight excluding hydrogens is 1230 g/mol. The van der Waals surface area contributed by atoms with Crippen molar-refractivity contribution in [1.82, 2.24) is 37.2 Å². The third-order valence-corrected chi connectivity index (χ3v) is 14.1. The number of nitrogens with two attached hydrogens (primary N) is 1. The summed E-state index contributed by atoms with van der Waals surface area (Å²) in [4.78, 5) is 123. The number of ether oxygens (including phenoxy) is 3. The molecule has 0 unspecified atom stereocenters. The number of hydrogen-bond acceptors (Lipinski definition) is 19. The van der Waals surface area contributed by atoms with Gasteiger partial charge in [0.15, 0.2) is 17.5 Å². The van der Waals surface area contributed by atoms with Gasteiger partial charge in [-0.1, -0.05) is 41.4 Å². The number of hydrogen-bond donors (Lipinski definition) is 16. The van der Waals surface area contributed by atoms with E-state index in [4.69, 9.17) is 53.0 Å². The van der Waals surface area contributed by atoms with Crippen molar-refractivity contribution in [2.45, 2.75) is 93.5 Å². The number of carboxylic acid groups (broad SMARTS) is 2. The average Bonchev–Trinajstić information content (AvgIpc) is 1.09. The van der Waals surface area contributed by atoms with E-state index in [1.54, 1.807) is 20.8 Å². The number of aliphatic carboxylic acids is 2. The number of carboxylic acids is 2. The summed E-state index contributed by atoms with van der Waals surface area (Å²) in [5.41, 5.74) is 2.52. The number of benzene rings is 5. The Morgan fingerprint density at radius 2 is 1.20 bits per heavy atom. The van der Waals surface area contributed by atoms with Crippen LogP contribution in [0, 0.1) is 0 Å². The number of aliphatic hydroxyl groups excluding tert-OH is 2. The van der Waals surface area contributed by atoms with Crippen LogP contribution in [0.1, 0.15) is 85.3 Å². The number of phenolic OH excluding ortho intramolecular Hbond substituents is 4. The summed E-state index contributed by atoms with van der Waals surface area (Å²) in [6.07, 6.45) is -10.2. The highest BCUT2D eigenvalue weighted by atomic mass is 35.5. The molecule has 7 amide bonds. The lowest BCUT2D eigenvalue weighted by atomic mass is 9.89. The van der Waals surface area contributed by atoms with Gasteiger partial charge in [0.25, 0.3) is 0 Å². The number of aliphatic hydroxyl groups is 2. The topological polar surface area (TPSA) is 453 Å². The van der Waals surface area contributed by atoms with Crippen molar-refractivity contribution in [3.63, 3.8) is 0 Å². The molecule has 0 aromatic heterocycles. The van der Waals surface area contributed by atoms with Crippen LogP contribution >= 0.6 is 23.2 Å². The van der Waals surface area contributed by atoms with E-state index in [2.05, 4.69) is 37.2 Å². The summed E-state index contributed by atoms with van der Waals surface area (Å²) in [5.74, 6) is -18.0. The smallest absolute Gasteiger partial charge is 0.490 e. The normalized spacial score (nSPS) is 21.4. The number of fused-ring (bicyclic) bond motifs is 15. The number of alkyl halides is 3. The van der Waals surface area contributed by atoms with Crippen LogP contribution in [0.3, 0.4) is 0 Å². The standard InChI is InChI=1S/C54H54Cl2N8O18.C2HF3O2/c1-54(2,3)80-19-30(58-4)48(73)63-42-44(69)21-6-9-33(27(55)12-21)81-35-14-23-15-36(46(35)71)82-34-10-7-22(13-28(34)56)45(70)43-52(77)62-41(53(78)79)26-16-24(65)17-32(67)38(26)25-11-20(5-8-31(25)66)39(49(74)64-43)61-50(75)40(23)60-47(72)29(18-37(57)68)59-51(42)76;3-2(4,5)1(6)7/h5-17,29-30,39-45,58,65-67,69-71H,18-19H2,1-4H3,(H2,57,68)(H,59,76)(H,60,72)(H,61,75)(H,62,77)(H,63,73)(H,64,74)(H,78,79);(H,6,7)/t29-,30+,39+,40+,41-,42+,43-,44+,45+;/m0./s1. The van der Waals surface area contributed by atoms with Gasteiger partial charge in [0.2, 0.25) is 47.1 Å². The molecule has 0 radical (unpaired) electrons. The summed E-state index contributed by atoms with van der Waals surface area (Å²) in [6, 6.07) is 0.108. The zero-order chi connectivity index (χ0) is 65.9. The molecule has 9 atom stereocenters. The molecule has 28 nitrogen and oxygen atoms in total. The number of primary amides is 1. The number of nitrogens with one attached hydrogen (secondary N) is 7. The molecule has 5 aliphatic heterocycles. The molecule has 474 valence electrons. The van der Waals surface area contributed by atoms with Gasteiger partial charge in [-0.3, -0.25) is 33.6 Å². The van der Waals surface area contributed by atoms with Gasteiger partial charge in [0.05, 0.1) is 28.7 Å². The number of halogens is 5. The summed E-state index contributed by atoms with van der Waals surface area (Å²) >= 11 is 13.5. The van der Waals surface area contributed by atoms with Crippen LogP contribution in [0.4, 0.5) is 13.2 Å². The van der Waals surface area contributed by atoms with Crippen LogP contribution in [0.25, 0.3) is 11.1 Å². The number of aromatic hydroxyl groups is 4. The van der Waals surface area contributed by atoms with Gasteiger partial charge in [-0.2, -0.15) is 13.2 Å². The summed E-state index contributed by atoms with van der Waals surface area (Å²) in [6.45, 7) is 4.97. The minimum atomic E-state index is -5.08. The van der Waals surface area contributed by atoms with E-state index in [1.165, 1.54) is 25.2 Å². The minimum absolute atomic E-state index is 0.101. The zero-order valence-corrected chi connectivity index (χ0v) is 48.1. The van der Waals surface area contributed by atoms with Crippen molar-refractivity contribution < 1.29 is 111 Å². The Bertz CT molecular complexity index is 3680. The molecule has 89 heavy (non-hydrogen) atoms. The van der Waals surface area contributed by atoms with Crippen LogP contribution in [-0.2, 0) is 47.9 Å². The predicted octanol–water partition coefficient (Wildman–Crippen LogP) is 2.80. The van der Waals surface area contributed by atoms with Crippen LogP contribution in [0.15, 0.2) is 78.9 Å². The molecule has 5 aromatic rings. The number of likely N-dealkylation sites (N-methyl/N-ethyl adjacent to an activating group) is 1. The van der Waals surface area contributed by atoms with E-state index in [-0.39, 0.29) is 50.4 Å². The second kappa shape index (κ2) is 26.8. The van der Waals surface area contributed by atoms with Crippen molar-refractivity contribution in [2.24, 2.45) is 5.73 Å². The third-order valence-electron chi connectivity index (χ3n) is 13.5. The van der Waals surface area contributed by atoms with E-state index in [9.17, 15) is 82.5 Å². The Kier molecular flexibility index (Phi) is 20.1. The Morgan fingerprint density at radius 1 is 0.663 bits per heavy atom. The first-order valence-corrected chi connectivity index (χ1v) is 26.8. The molecule has 0 saturated carbocycles. The molecule has 5 aliphatic rings. The fourth-order valence-electron chi connectivity index (χ4n) is 9.14. The summed E-state index contributed by atoms with van der Waals surface area (Å²) < 4.78 is 49.8. The second-order valence-corrected chi connectivity index (χ2v) is 21.8. The van der Waals surface area contributed by atoms with Gasteiger partial charge in [-0.15, -0.1) is 0 Å². The van der Waals surface area contributed by atoms with Crippen molar-refractivity contribution >= 4 is 76.5 Å². The first kappa shape index (κ1) is 66.9. The minimum Gasteiger partial charge on any atom is -0.508 e. The van der Waals surface area contributed by atoms with Crippen LogP contribution in [0.5, 0.6) is 46.0 Å². The zero-order valence-electron chi connectivity index (χ0n) is 46.6. The first-order valence-electron chi connectivity index (χ1n) is 26.1. The van der Waals surface area contributed by atoms with Crippen molar-refractivity contribution in [2.75, 3.05) is 13.7 Å². The fourth-order valence-corrected chi connectivity index (χ4v) is 9.59. The number of phenols is 4. The Balaban J connectivity index is 0.00000152. The Labute approximate surface area is 510 Å². The first-order chi connectivity index (χ1) is 41.6. The number of amides is 7. The molecule has 11 bridgehead atoms. The van der Waals surface area contributed by atoms with Crippen molar-refractivity contribution in [3.8, 4) is 57.1 Å². The van der Waals surface area contributed by atoms with Gasteiger partial charge >= 0.3 is 18.1 Å². The SMILES string of the molecule is CN[C@H](COC(C)(C)C)C(=O)N[C@H]1C(=O)N[C@@H](CC(N)=O)C(=O)N[C@H]2C(=O)N[C@H]3C(=O)N[C@H](C(=O)N[C@H](C(=O)O)c4cc(O)cc(O)c4-c4cc3ccc4O)[C@H](O)c3ccc(c(Cl)c3)Oc3cc2cc(c3O)Oc2ccc(cc2Cl)[C@H]1O.O=C(O)C(F)(F)F. The maximum absolute atomic E-state index is 15.4. The van der Waals surface area contributed by atoms with Crippen molar-refractivity contribution in [3.05, 3.63) is 117 Å². The second-order valence-electron chi connectivity index (χ2n) is 21.0. The molecule has 17 N–H and O–H groups in total. The van der Waals surface area contributed by atoms with E-state index >= 15 is 4.79 Å². The maximum Gasteiger partial charge on any atom is 0.490 e. The lowest BCUT2D eigenvalue weighted by Gasteiger charge is -2.31. The number of rotatable bonds is 8. The molecule has 0 fully saturated rings. The van der Waals surface area contributed by atoms with Crippen LogP contribution in [-0.4, -0.2) is 144 Å². The largest absolute Gasteiger partial charge is 0.508 e. The number of carbonyl (C=O) groups is 9. The molecule has 0 saturated heterocycles. The highest BCUT2D eigenvalue weighted by Gasteiger charge is 2.42. The van der Waals surface area contributed by atoms with E-state index < -0.39 is 177 Å². The van der Waals surface area contributed by atoms with Crippen molar-refractivity contribution in [1.29, 1.82) is 0 Å². The highest BCUT2D eigenvalue weighted by Crippen LogP contribution is 2.48. The molecule has 5 heterocycles. The Hall–Kier alpha value is -9.66. The van der Waals surface area contributed by atoms with Gasteiger partial charge < -0.3 is 98.0 Å². The maximum atomic E-state index is 15.4. The highest BCUT2D eigenvalue weighted by molar-refractivity contribution is 6.32. The van der Waals surface area contributed by atoms with Gasteiger partial charge in [0.1, 0.15) is 77.2 Å². The average molecular weight is 1290 g/mol. The molecule has 10 rings (SSSR count). The lowest BCUT2D eigenvalue weighted by molar-refractivity contribution is -0.192. The van der Waals surface area contributed by atoms with Gasteiger partial charge in [0, 0.05) is 22.8 Å². The molecule has 0 aliphatic carbocycles. The monoisotopic (exact) mass is 1290 g/mol. The Morgan fingerprint density at radius 3 is 1.73 bits per heavy atom.